The van der Waals surface area contributed by atoms with Crippen LogP contribution in [0, 0.1) is 19.7 Å². The molecule has 1 aromatic heterocycles. The van der Waals surface area contributed by atoms with Crippen LogP contribution in [-0.2, 0) is 6.73 Å². The van der Waals surface area contributed by atoms with E-state index in [4.69, 9.17) is 4.74 Å². The molecule has 1 aliphatic carbocycles. The van der Waals surface area contributed by atoms with Crippen LogP contribution in [0.2, 0.25) is 0 Å². The number of carbonyl (C=O) groups is 1. The number of rotatable bonds is 5. The molecule has 3 rings (SSSR count). The molecule has 2 aromatic rings. The van der Waals surface area contributed by atoms with E-state index in [1.165, 1.54) is 31.4 Å². The first kappa shape index (κ1) is 18.2. The van der Waals surface area contributed by atoms with Gasteiger partial charge in [-0.05, 0) is 38.8 Å². The van der Waals surface area contributed by atoms with Gasteiger partial charge in [-0.15, -0.1) is 0 Å². The van der Waals surface area contributed by atoms with Crippen LogP contribution in [0.5, 0.6) is 5.75 Å². The number of hydrogen-bond donors (Lipinski definition) is 2. The van der Waals surface area contributed by atoms with Crippen molar-refractivity contribution in [3.63, 3.8) is 0 Å². The summed E-state index contributed by atoms with van der Waals surface area (Å²) >= 11 is 0. The number of nitrogens with one attached hydrogen (secondary N) is 2. The van der Waals surface area contributed by atoms with Gasteiger partial charge in [0.1, 0.15) is 11.6 Å². The average Bonchev–Trinajstić information content (AvgIpc) is 2.88. The van der Waals surface area contributed by atoms with E-state index < -0.39 is 0 Å². The van der Waals surface area contributed by atoms with Crippen molar-refractivity contribution in [2.24, 2.45) is 0 Å². The van der Waals surface area contributed by atoms with Crippen LogP contribution in [0.4, 0.5) is 14.9 Å². The van der Waals surface area contributed by atoms with Crippen LogP contribution in [-0.4, -0.2) is 21.9 Å². The summed E-state index contributed by atoms with van der Waals surface area (Å²) in [5.74, 6) is 0.0831. The molecular formula is C19H25FN4O2. The zero-order valence-electron chi connectivity index (χ0n) is 15.2. The minimum atomic E-state index is -0.349. The van der Waals surface area contributed by atoms with Crippen molar-refractivity contribution in [1.29, 1.82) is 0 Å². The van der Waals surface area contributed by atoms with Crippen molar-refractivity contribution in [2.75, 3.05) is 5.32 Å². The quantitative estimate of drug-likeness (QED) is 0.842. The lowest BCUT2D eigenvalue weighted by Crippen LogP contribution is -2.39. The van der Waals surface area contributed by atoms with Gasteiger partial charge in [0.15, 0.2) is 6.73 Å². The Morgan fingerprint density at radius 2 is 2.08 bits per heavy atom. The summed E-state index contributed by atoms with van der Waals surface area (Å²) in [5.41, 5.74) is 2.18. The van der Waals surface area contributed by atoms with Crippen LogP contribution in [0.15, 0.2) is 24.3 Å². The molecule has 0 unspecified atom stereocenters. The first-order valence-electron chi connectivity index (χ1n) is 9.03. The molecule has 0 atom stereocenters. The molecule has 6 nitrogen and oxygen atoms in total. The summed E-state index contributed by atoms with van der Waals surface area (Å²) in [5, 5.41) is 10.3. The van der Waals surface area contributed by atoms with Crippen molar-refractivity contribution in [3.05, 3.63) is 41.5 Å². The van der Waals surface area contributed by atoms with E-state index in [1.54, 1.807) is 16.8 Å². The van der Waals surface area contributed by atoms with Crippen molar-refractivity contribution in [3.8, 4) is 5.75 Å². The zero-order chi connectivity index (χ0) is 18.5. The summed E-state index contributed by atoms with van der Waals surface area (Å²) in [6.45, 7) is 3.84. The van der Waals surface area contributed by atoms with Crippen LogP contribution < -0.4 is 15.4 Å². The Labute approximate surface area is 152 Å². The summed E-state index contributed by atoms with van der Waals surface area (Å²) in [7, 11) is 0. The lowest BCUT2D eigenvalue weighted by Gasteiger charge is -2.22. The molecule has 1 heterocycles. The fourth-order valence-electron chi connectivity index (χ4n) is 3.28. The van der Waals surface area contributed by atoms with Crippen molar-refractivity contribution in [1.82, 2.24) is 15.1 Å². The van der Waals surface area contributed by atoms with E-state index >= 15 is 0 Å². The third-order valence-electron chi connectivity index (χ3n) is 4.71. The molecule has 140 valence electrons. The SMILES string of the molecule is Cc1nn(COc2cccc(F)c2)c(C)c1NC(=O)NC1CCCCC1. The first-order valence-corrected chi connectivity index (χ1v) is 9.03. The number of carbonyl (C=O) groups excluding carboxylic acids is 1. The Morgan fingerprint density at radius 3 is 2.81 bits per heavy atom. The number of aryl methyl sites for hydroxylation is 1. The zero-order valence-corrected chi connectivity index (χ0v) is 15.2. The molecule has 2 N–H and O–H groups in total. The highest BCUT2D eigenvalue weighted by Crippen LogP contribution is 2.21. The maximum atomic E-state index is 13.2. The molecule has 1 fully saturated rings. The first-order chi connectivity index (χ1) is 12.5. The molecule has 0 saturated heterocycles. The van der Waals surface area contributed by atoms with Crippen molar-refractivity contribution >= 4 is 11.7 Å². The second kappa shape index (κ2) is 8.21. The van der Waals surface area contributed by atoms with E-state index in [2.05, 4.69) is 15.7 Å². The predicted octanol–water partition coefficient (Wildman–Crippen LogP) is 4.13. The van der Waals surface area contributed by atoms with Crippen LogP contribution in [0.25, 0.3) is 0 Å². The molecular weight excluding hydrogens is 335 g/mol. The Morgan fingerprint density at radius 1 is 1.31 bits per heavy atom. The van der Waals surface area contributed by atoms with Crippen LogP contribution in [0.3, 0.4) is 0 Å². The second-order valence-electron chi connectivity index (χ2n) is 6.71. The van der Waals surface area contributed by atoms with Gasteiger partial charge in [-0.2, -0.15) is 5.10 Å². The minimum absolute atomic E-state index is 0.141. The van der Waals surface area contributed by atoms with Gasteiger partial charge < -0.3 is 15.4 Å². The number of aromatic nitrogens is 2. The van der Waals surface area contributed by atoms with Gasteiger partial charge in [0.05, 0.1) is 17.1 Å². The number of ether oxygens (including phenoxy) is 1. The van der Waals surface area contributed by atoms with Crippen molar-refractivity contribution in [2.45, 2.75) is 58.7 Å². The monoisotopic (exact) mass is 360 g/mol. The smallest absolute Gasteiger partial charge is 0.319 e. The van der Waals surface area contributed by atoms with Gasteiger partial charge in [0, 0.05) is 12.1 Å². The number of amides is 2. The number of halogens is 1. The summed E-state index contributed by atoms with van der Waals surface area (Å²) in [4.78, 5) is 12.3. The number of benzene rings is 1. The highest BCUT2D eigenvalue weighted by molar-refractivity contribution is 5.90. The van der Waals surface area contributed by atoms with Gasteiger partial charge in [-0.3, -0.25) is 0 Å². The summed E-state index contributed by atoms with van der Waals surface area (Å²) in [6, 6.07) is 6.01. The average molecular weight is 360 g/mol. The molecule has 2 amide bonds. The number of anilines is 1. The molecule has 1 aliphatic rings. The topological polar surface area (TPSA) is 68.2 Å². The van der Waals surface area contributed by atoms with E-state index in [1.807, 2.05) is 13.8 Å². The fourth-order valence-corrected chi connectivity index (χ4v) is 3.28. The maximum absolute atomic E-state index is 13.2. The number of urea groups is 1. The summed E-state index contributed by atoms with van der Waals surface area (Å²) in [6.07, 6.45) is 5.64. The Kier molecular flexibility index (Phi) is 5.75. The molecule has 1 saturated carbocycles. The van der Waals surface area contributed by atoms with Crippen molar-refractivity contribution < 1.29 is 13.9 Å². The lowest BCUT2D eigenvalue weighted by molar-refractivity contribution is 0.217. The van der Waals surface area contributed by atoms with Gasteiger partial charge >= 0.3 is 6.03 Å². The second-order valence-corrected chi connectivity index (χ2v) is 6.71. The van der Waals surface area contributed by atoms with E-state index in [0.29, 0.717) is 17.1 Å². The molecule has 0 radical (unpaired) electrons. The Balaban J connectivity index is 1.60. The van der Waals surface area contributed by atoms with Gasteiger partial charge in [0.2, 0.25) is 0 Å². The lowest BCUT2D eigenvalue weighted by atomic mass is 9.96. The molecule has 7 heteroatoms. The highest BCUT2D eigenvalue weighted by Gasteiger charge is 2.18. The van der Waals surface area contributed by atoms with E-state index in [-0.39, 0.29) is 24.6 Å². The van der Waals surface area contributed by atoms with Crippen LogP contribution >= 0.6 is 0 Å². The number of hydrogen-bond acceptors (Lipinski definition) is 3. The third-order valence-corrected chi connectivity index (χ3v) is 4.71. The summed E-state index contributed by atoms with van der Waals surface area (Å²) < 4.78 is 20.4. The van der Waals surface area contributed by atoms with Gasteiger partial charge in [-0.1, -0.05) is 25.3 Å². The van der Waals surface area contributed by atoms with E-state index in [0.717, 1.165) is 18.5 Å². The normalized spacial score (nSPS) is 14.9. The predicted molar refractivity (Wildman–Crippen MR) is 97.8 cm³/mol. The third kappa shape index (κ3) is 4.53. The minimum Gasteiger partial charge on any atom is -0.471 e. The Hall–Kier alpha value is -2.57. The molecule has 0 spiro atoms. The van der Waals surface area contributed by atoms with E-state index in [9.17, 15) is 9.18 Å². The fraction of sp³-hybridized carbons (Fsp3) is 0.474. The maximum Gasteiger partial charge on any atom is 0.319 e. The van der Waals surface area contributed by atoms with Crippen LogP contribution in [0.1, 0.15) is 43.5 Å². The largest absolute Gasteiger partial charge is 0.471 e. The Bertz CT molecular complexity index is 769. The molecule has 26 heavy (non-hydrogen) atoms. The molecule has 1 aromatic carbocycles. The van der Waals surface area contributed by atoms with Gasteiger partial charge in [-0.25, -0.2) is 13.9 Å². The van der Waals surface area contributed by atoms with Gasteiger partial charge in [0.25, 0.3) is 0 Å². The standard InChI is InChI=1S/C19H25FN4O2/c1-13-18(22-19(25)21-16-8-4-3-5-9-16)14(2)24(23-13)12-26-17-10-6-7-15(20)11-17/h6-7,10-11,16H,3-5,8-9,12H2,1-2H3,(H2,21,22,25). The molecule has 0 bridgehead atoms. The molecule has 0 aliphatic heterocycles. The highest BCUT2D eigenvalue weighted by atomic mass is 19.1. The number of nitrogens with zero attached hydrogens (tertiary/aromatic N) is 2.